The van der Waals surface area contributed by atoms with Crippen LogP contribution in [0.2, 0.25) is 0 Å². The average Bonchev–Trinajstić information content (AvgIpc) is 3.58. The number of halogens is 1. The van der Waals surface area contributed by atoms with Crippen molar-refractivity contribution < 1.29 is 0 Å². The van der Waals surface area contributed by atoms with E-state index in [1.165, 1.54) is 0 Å². The van der Waals surface area contributed by atoms with Gasteiger partial charge in [0.1, 0.15) is 23.3 Å². The molecule has 6 heterocycles. The number of aryl methyl sites for hydroxylation is 1. The lowest BCUT2D eigenvalue weighted by Gasteiger charge is -2.32. The van der Waals surface area contributed by atoms with E-state index in [4.69, 9.17) is 40.0 Å². The molecule has 3 aromatic rings. The van der Waals surface area contributed by atoms with Crippen molar-refractivity contribution in [1.29, 1.82) is 0 Å². The van der Waals surface area contributed by atoms with E-state index in [1.54, 1.807) is 0 Å². The third-order valence-electron chi connectivity index (χ3n) is 8.29. The standard InChI is InChI=1S/C35H28N8.Al.ClH/c1-22-14-6-3-4-8-20-28-36-30(22)40-34-26-18-12-13-19-27(26)35(43-34)41-31-23(2)15-7-5-9-21-29(37-31)39-33-25-17-11-10-16-24(25)32(38-28)42-33;;/h5,7-21H,3-4,6H2,1-2H3;;1H/q-2;+3;/p-1/b20-8+,22-14+;;. The van der Waals surface area contributed by atoms with E-state index in [1.807, 2.05) is 79.7 Å². The van der Waals surface area contributed by atoms with Gasteiger partial charge in [-0.05, 0) is 56.4 Å². The zero-order chi connectivity index (χ0) is 30.5. The monoisotopic (exact) mass is 622 g/mol. The fraction of sp³-hybridized carbons (Fsp3) is 0.143. The van der Waals surface area contributed by atoms with Gasteiger partial charge in [-0.1, -0.05) is 84.9 Å². The molecule has 0 atom stereocenters. The Morgan fingerprint density at radius 1 is 0.644 bits per heavy atom. The molecule has 2 aromatic carbocycles. The summed E-state index contributed by atoms with van der Waals surface area (Å²) in [5.74, 6) is 5.08. The fourth-order valence-corrected chi connectivity index (χ4v) is 9.06. The van der Waals surface area contributed by atoms with Crippen LogP contribution in [0.5, 0.6) is 0 Å². The number of benzene rings is 2. The molecule has 1 aromatic heterocycles. The minimum Gasteiger partial charge on any atom is -0.371 e. The van der Waals surface area contributed by atoms with Crippen molar-refractivity contribution in [3.05, 3.63) is 130 Å². The van der Waals surface area contributed by atoms with Crippen LogP contribution in [0.25, 0.3) is 0 Å². The first kappa shape index (κ1) is 27.8. The molecule has 10 heteroatoms. The molecule has 5 aliphatic rings. The number of hydrogen-bond donors (Lipinski definition) is 0. The van der Waals surface area contributed by atoms with Crippen LogP contribution in [-0.2, 0) is 0 Å². The minimum absolute atomic E-state index is 0.588. The predicted molar refractivity (Wildman–Crippen MR) is 186 cm³/mol. The number of fused-ring (bicyclic) bond motifs is 8. The summed E-state index contributed by atoms with van der Waals surface area (Å²) in [5.41, 5.74) is 5.64. The maximum absolute atomic E-state index is 7.91. The predicted octanol–water partition coefficient (Wildman–Crippen LogP) is 7.48. The Kier molecular flexibility index (Phi) is 7.02. The van der Waals surface area contributed by atoms with Crippen molar-refractivity contribution in [3.8, 4) is 0 Å². The van der Waals surface area contributed by atoms with Crippen LogP contribution in [0, 0.1) is 6.92 Å². The SMILES string of the molecule is C/C1=C\CCC/C=C/C2=NC3=NC(=Nc4cccccc(C)c5[n]4[Al]([Cl])[N]2C1=NC1=NC(=N5)c2ccccc21)c1ccccc13. The molecule has 0 spiro atoms. The summed E-state index contributed by atoms with van der Waals surface area (Å²) in [5, 5.41) is 0. The van der Waals surface area contributed by atoms with Crippen LogP contribution in [0.15, 0.2) is 133 Å². The summed E-state index contributed by atoms with van der Waals surface area (Å²) in [6.07, 6.45) is 9.33. The van der Waals surface area contributed by atoms with Gasteiger partial charge in [0.15, 0.2) is 23.3 Å². The van der Waals surface area contributed by atoms with Crippen molar-refractivity contribution in [3.63, 3.8) is 0 Å². The number of amidine groups is 6. The highest BCUT2D eigenvalue weighted by molar-refractivity contribution is 7.06. The van der Waals surface area contributed by atoms with Crippen molar-refractivity contribution in [2.24, 2.45) is 30.0 Å². The zero-order valence-corrected chi connectivity index (χ0v) is 26.8. The van der Waals surface area contributed by atoms with Gasteiger partial charge in [0.05, 0.1) is 0 Å². The van der Waals surface area contributed by atoms with Gasteiger partial charge >= 0.3 is 13.7 Å². The number of aliphatic imine (C=N–C) groups is 6. The molecule has 8 rings (SSSR count). The van der Waals surface area contributed by atoms with Crippen molar-refractivity contribution in [2.45, 2.75) is 33.1 Å². The summed E-state index contributed by atoms with van der Waals surface area (Å²) >= 11 is -2.84. The molecule has 0 N–H and O–H groups in total. The van der Waals surface area contributed by atoms with Gasteiger partial charge in [0.2, 0.25) is 0 Å². The Balaban J connectivity index is 1.58. The molecule has 0 fully saturated rings. The molecule has 0 radical (unpaired) electrons. The van der Waals surface area contributed by atoms with Crippen LogP contribution in [0.4, 0.5) is 11.6 Å². The third kappa shape index (κ3) is 4.85. The van der Waals surface area contributed by atoms with Crippen LogP contribution in [0.3, 0.4) is 0 Å². The maximum atomic E-state index is 7.91. The summed E-state index contributed by atoms with van der Waals surface area (Å²) in [6.45, 7) is 4.15. The molecule has 8 nitrogen and oxygen atoms in total. The Bertz CT molecular complexity index is 2090. The molecule has 218 valence electrons. The molecule has 0 saturated heterocycles. The Morgan fingerprint density at radius 3 is 1.96 bits per heavy atom. The number of nitrogens with zero attached hydrogens (tertiary/aromatic N) is 8. The molecule has 0 amide bonds. The normalized spacial score (nSPS) is 19.6. The van der Waals surface area contributed by atoms with Crippen molar-refractivity contribution in [1.82, 2.24) is 7.43 Å². The molecule has 0 saturated carbocycles. The van der Waals surface area contributed by atoms with E-state index in [0.29, 0.717) is 46.6 Å². The fourth-order valence-electron chi connectivity index (χ4n) is 6.02. The first-order chi connectivity index (χ1) is 22.1. The van der Waals surface area contributed by atoms with Gasteiger partial charge in [0.25, 0.3) is 0 Å². The van der Waals surface area contributed by atoms with Crippen molar-refractivity contribution >= 4 is 70.4 Å². The lowest BCUT2D eigenvalue weighted by atomic mass is 10.1. The van der Waals surface area contributed by atoms with Crippen LogP contribution in [0.1, 0.15) is 54.0 Å². The lowest BCUT2D eigenvalue weighted by molar-refractivity contribution is 0.849. The van der Waals surface area contributed by atoms with E-state index in [9.17, 15) is 0 Å². The smallest absolute Gasteiger partial charge is 0.371 e. The highest BCUT2D eigenvalue weighted by Crippen LogP contribution is 2.34. The van der Waals surface area contributed by atoms with Gasteiger partial charge in [-0.15, -0.1) is 0 Å². The van der Waals surface area contributed by atoms with E-state index >= 15 is 0 Å². The van der Waals surface area contributed by atoms with Crippen LogP contribution >= 0.6 is 10.0 Å². The topological polar surface area (TPSA) is 82.3 Å². The first-order valence-corrected chi connectivity index (χ1v) is 17.9. The quantitative estimate of drug-likeness (QED) is 0.239. The molecule has 5 aliphatic heterocycles. The van der Waals surface area contributed by atoms with Gasteiger partial charge in [-0.2, -0.15) is 10.0 Å². The van der Waals surface area contributed by atoms with E-state index in [-0.39, 0.29) is 0 Å². The Hall–Kier alpha value is -4.68. The third-order valence-corrected chi connectivity index (χ3v) is 11.3. The highest BCUT2D eigenvalue weighted by atomic mass is 35.6. The summed E-state index contributed by atoms with van der Waals surface area (Å²) in [4.78, 5) is 31.1. The summed E-state index contributed by atoms with van der Waals surface area (Å²) < 4.78 is 4.19. The van der Waals surface area contributed by atoms with Gasteiger partial charge < -0.3 is 7.43 Å². The second kappa shape index (κ2) is 11.4. The molecular formula is C35H28AlClN8. The lowest BCUT2D eigenvalue weighted by Crippen LogP contribution is -2.50. The molecule has 6 bridgehead atoms. The minimum atomic E-state index is -2.84. The largest absolute Gasteiger partial charge is 0.722 e. The number of allylic oxidation sites excluding steroid dienone is 2. The van der Waals surface area contributed by atoms with Gasteiger partial charge in [0, 0.05) is 22.3 Å². The number of rotatable bonds is 0. The van der Waals surface area contributed by atoms with Crippen LogP contribution in [-0.4, -0.2) is 56.1 Å². The van der Waals surface area contributed by atoms with Crippen molar-refractivity contribution in [2.75, 3.05) is 0 Å². The van der Waals surface area contributed by atoms with E-state index < -0.39 is 13.7 Å². The highest BCUT2D eigenvalue weighted by Gasteiger charge is 2.41. The van der Waals surface area contributed by atoms with E-state index in [0.717, 1.165) is 52.7 Å². The van der Waals surface area contributed by atoms with Crippen LogP contribution < -0.4 is 0 Å². The second-order valence-electron chi connectivity index (χ2n) is 11.3. The number of aromatic nitrogens is 1. The Morgan fingerprint density at radius 2 is 1.24 bits per heavy atom. The molecular weight excluding hydrogens is 595 g/mol. The molecule has 0 unspecified atom stereocenters. The van der Waals surface area contributed by atoms with Gasteiger partial charge in [-0.25, -0.2) is 30.0 Å². The number of hydrogen-bond acceptors (Lipinski definition) is 7. The first-order valence-electron chi connectivity index (χ1n) is 15.1. The molecule has 0 aliphatic carbocycles. The summed E-state index contributed by atoms with van der Waals surface area (Å²) in [7, 11) is 7.91. The van der Waals surface area contributed by atoms with E-state index in [2.05, 4.69) is 38.7 Å². The average molecular weight is 623 g/mol. The summed E-state index contributed by atoms with van der Waals surface area (Å²) in [6, 6.07) is 26.2. The second-order valence-corrected chi connectivity index (χ2v) is 14.1. The Labute approximate surface area is 270 Å². The maximum Gasteiger partial charge on any atom is 0.722 e. The van der Waals surface area contributed by atoms with Gasteiger partial charge in [-0.3, -0.25) is 0 Å². The zero-order valence-electron chi connectivity index (χ0n) is 24.9. The molecule has 45 heavy (non-hydrogen) atoms.